The predicted octanol–water partition coefficient (Wildman–Crippen LogP) is 3.00. The number of anilines is 1. The second-order valence-corrected chi connectivity index (χ2v) is 5.95. The first-order valence-corrected chi connectivity index (χ1v) is 7.75. The minimum atomic E-state index is -0.483. The van der Waals surface area contributed by atoms with Crippen LogP contribution >= 0.6 is 0 Å². The van der Waals surface area contributed by atoms with Gasteiger partial charge in [0.2, 0.25) is 0 Å². The third-order valence-corrected chi connectivity index (χ3v) is 3.99. The summed E-state index contributed by atoms with van der Waals surface area (Å²) < 4.78 is 0. The van der Waals surface area contributed by atoms with Crippen LogP contribution in [-0.2, 0) is 0 Å². The van der Waals surface area contributed by atoms with E-state index in [1.807, 2.05) is 6.07 Å². The van der Waals surface area contributed by atoms with Gasteiger partial charge < -0.3 is 10.2 Å². The summed E-state index contributed by atoms with van der Waals surface area (Å²) in [5.74, 6) is 0.458. The Morgan fingerprint density at radius 1 is 1.41 bits per heavy atom. The van der Waals surface area contributed by atoms with Gasteiger partial charge in [-0.3, -0.25) is 10.1 Å². The number of non-ortho nitro benzene ring substituents is 1. The van der Waals surface area contributed by atoms with Gasteiger partial charge in [0, 0.05) is 25.2 Å². The monoisotopic (exact) mass is 302 g/mol. The molecule has 0 bridgehead atoms. The number of nitrogens with zero attached hydrogens (tertiary/aromatic N) is 3. The van der Waals surface area contributed by atoms with Crippen molar-refractivity contribution >= 4 is 11.4 Å². The van der Waals surface area contributed by atoms with Crippen molar-refractivity contribution in [2.45, 2.75) is 26.2 Å². The Labute approximate surface area is 130 Å². The maximum absolute atomic E-state index is 10.7. The highest BCUT2D eigenvalue weighted by molar-refractivity contribution is 5.61. The van der Waals surface area contributed by atoms with Crippen LogP contribution in [-0.4, -0.2) is 36.0 Å². The highest BCUT2D eigenvalue weighted by atomic mass is 16.6. The highest BCUT2D eigenvalue weighted by Crippen LogP contribution is 2.21. The molecule has 1 fully saturated rings. The molecule has 0 aromatic heterocycles. The van der Waals surface area contributed by atoms with Crippen LogP contribution in [0.5, 0.6) is 0 Å². The molecular formula is C16H22N4O2. The maximum Gasteiger partial charge on any atom is 0.270 e. The molecule has 1 atom stereocenters. The SMILES string of the molecule is C[C@@H](CNc1ccc([N+](=O)[O-])cc1C#N)CN1CCCCC1. The zero-order valence-corrected chi connectivity index (χ0v) is 12.9. The van der Waals surface area contributed by atoms with Crippen LogP contribution < -0.4 is 5.32 Å². The van der Waals surface area contributed by atoms with Gasteiger partial charge in [0.25, 0.3) is 5.69 Å². The summed E-state index contributed by atoms with van der Waals surface area (Å²) in [6.07, 6.45) is 3.89. The molecule has 1 heterocycles. The summed E-state index contributed by atoms with van der Waals surface area (Å²) >= 11 is 0. The molecule has 1 N–H and O–H groups in total. The van der Waals surface area contributed by atoms with Gasteiger partial charge in [-0.15, -0.1) is 0 Å². The van der Waals surface area contributed by atoms with Crippen LogP contribution in [0.1, 0.15) is 31.7 Å². The number of benzene rings is 1. The van der Waals surface area contributed by atoms with E-state index >= 15 is 0 Å². The zero-order chi connectivity index (χ0) is 15.9. The van der Waals surface area contributed by atoms with Crippen molar-refractivity contribution in [3.8, 4) is 6.07 Å². The minimum absolute atomic E-state index is 0.0523. The molecule has 0 saturated carbocycles. The third-order valence-electron chi connectivity index (χ3n) is 3.99. The third kappa shape index (κ3) is 4.43. The number of hydrogen-bond acceptors (Lipinski definition) is 5. The van der Waals surface area contributed by atoms with Crippen LogP contribution in [0.15, 0.2) is 18.2 Å². The Bertz CT molecular complexity index is 562. The van der Waals surface area contributed by atoms with E-state index in [2.05, 4.69) is 17.1 Å². The van der Waals surface area contributed by atoms with Crippen molar-refractivity contribution in [1.29, 1.82) is 5.26 Å². The van der Waals surface area contributed by atoms with Crippen molar-refractivity contribution < 1.29 is 4.92 Å². The summed E-state index contributed by atoms with van der Waals surface area (Å²) in [5.41, 5.74) is 0.932. The maximum atomic E-state index is 10.7. The number of hydrogen-bond donors (Lipinski definition) is 1. The first kappa shape index (κ1) is 16.2. The summed E-state index contributed by atoms with van der Waals surface area (Å²) in [7, 11) is 0. The lowest BCUT2D eigenvalue weighted by Gasteiger charge is -2.29. The molecule has 118 valence electrons. The molecule has 0 radical (unpaired) electrons. The van der Waals surface area contributed by atoms with Crippen LogP contribution in [0.4, 0.5) is 11.4 Å². The van der Waals surface area contributed by atoms with E-state index in [1.165, 1.54) is 44.5 Å². The molecule has 0 spiro atoms. The smallest absolute Gasteiger partial charge is 0.270 e. The fourth-order valence-electron chi connectivity index (χ4n) is 2.82. The summed E-state index contributed by atoms with van der Waals surface area (Å²) in [6.45, 7) is 6.32. The molecule has 1 aromatic carbocycles. The van der Waals surface area contributed by atoms with Gasteiger partial charge in [0.05, 0.1) is 16.2 Å². The molecule has 0 unspecified atom stereocenters. The lowest BCUT2D eigenvalue weighted by atomic mass is 10.1. The number of nitrogens with one attached hydrogen (secondary N) is 1. The second-order valence-electron chi connectivity index (χ2n) is 5.95. The lowest BCUT2D eigenvalue weighted by molar-refractivity contribution is -0.384. The van der Waals surface area contributed by atoms with Gasteiger partial charge in [-0.05, 0) is 37.9 Å². The fraction of sp³-hybridized carbons (Fsp3) is 0.562. The summed E-state index contributed by atoms with van der Waals surface area (Å²) in [5, 5.41) is 23.1. The number of piperidine rings is 1. The molecular weight excluding hydrogens is 280 g/mol. The van der Waals surface area contributed by atoms with E-state index in [9.17, 15) is 10.1 Å². The number of rotatable bonds is 6. The number of likely N-dealkylation sites (tertiary alicyclic amines) is 1. The van der Waals surface area contributed by atoms with Gasteiger partial charge in [0.1, 0.15) is 6.07 Å². The van der Waals surface area contributed by atoms with Gasteiger partial charge >= 0.3 is 0 Å². The van der Waals surface area contributed by atoms with Crippen molar-refractivity contribution in [2.75, 3.05) is 31.5 Å². The molecule has 1 aromatic rings. The molecule has 1 aliphatic rings. The topological polar surface area (TPSA) is 82.2 Å². The van der Waals surface area contributed by atoms with Crippen LogP contribution in [0.2, 0.25) is 0 Å². The van der Waals surface area contributed by atoms with Crippen molar-refractivity contribution in [3.63, 3.8) is 0 Å². The van der Waals surface area contributed by atoms with Gasteiger partial charge in [-0.25, -0.2) is 0 Å². The average Bonchev–Trinajstić information content (AvgIpc) is 2.53. The van der Waals surface area contributed by atoms with E-state index < -0.39 is 4.92 Å². The second kappa shape index (κ2) is 7.76. The molecule has 2 rings (SSSR count). The molecule has 6 nitrogen and oxygen atoms in total. The molecule has 0 amide bonds. The standard InChI is InChI=1S/C16H22N4O2/c1-13(12-19-7-3-2-4-8-19)11-18-16-6-5-15(20(21)22)9-14(16)10-17/h5-6,9,13,18H,2-4,7-8,11-12H2,1H3/t13-/m0/s1. The quantitative estimate of drug-likeness (QED) is 0.645. The fourth-order valence-corrected chi connectivity index (χ4v) is 2.82. The van der Waals surface area contributed by atoms with E-state index in [0.29, 0.717) is 17.2 Å². The largest absolute Gasteiger partial charge is 0.384 e. The van der Waals surface area contributed by atoms with E-state index in [0.717, 1.165) is 13.1 Å². The van der Waals surface area contributed by atoms with Crippen molar-refractivity contribution in [1.82, 2.24) is 4.90 Å². The van der Waals surface area contributed by atoms with Crippen LogP contribution in [0, 0.1) is 27.4 Å². The Kier molecular flexibility index (Phi) is 5.73. The van der Waals surface area contributed by atoms with Crippen LogP contribution in [0.25, 0.3) is 0 Å². The van der Waals surface area contributed by atoms with Gasteiger partial charge in [-0.2, -0.15) is 5.26 Å². The van der Waals surface area contributed by atoms with Crippen molar-refractivity contribution in [2.24, 2.45) is 5.92 Å². The summed E-state index contributed by atoms with van der Waals surface area (Å²) in [6, 6.07) is 6.38. The Morgan fingerprint density at radius 3 is 2.77 bits per heavy atom. The lowest BCUT2D eigenvalue weighted by Crippen LogP contribution is -2.35. The number of nitro benzene ring substituents is 1. The Hall–Kier alpha value is -2.13. The number of nitro groups is 1. The van der Waals surface area contributed by atoms with E-state index in [4.69, 9.17) is 5.26 Å². The Morgan fingerprint density at radius 2 is 2.14 bits per heavy atom. The van der Waals surface area contributed by atoms with Crippen molar-refractivity contribution in [3.05, 3.63) is 33.9 Å². The zero-order valence-electron chi connectivity index (χ0n) is 12.9. The van der Waals surface area contributed by atoms with Crippen LogP contribution in [0.3, 0.4) is 0 Å². The van der Waals surface area contributed by atoms with E-state index in [-0.39, 0.29) is 5.69 Å². The minimum Gasteiger partial charge on any atom is -0.384 e. The molecule has 1 aliphatic heterocycles. The first-order chi connectivity index (χ1) is 10.6. The summed E-state index contributed by atoms with van der Waals surface area (Å²) in [4.78, 5) is 12.7. The van der Waals surface area contributed by atoms with Gasteiger partial charge in [0.15, 0.2) is 0 Å². The molecule has 0 aliphatic carbocycles. The highest BCUT2D eigenvalue weighted by Gasteiger charge is 2.15. The average molecular weight is 302 g/mol. The Balaban J connectivity index is 1.90. The molecule has 6 heteroatoms. The molecule has 1 saturated heterocycles. The normalized spacial score (nSPS) is 16.7. The predicted molar refractivity (Wildman–Crippen MR) is 85.8 cm³/mol. The molecule has 22 heavy (non-hydrogen) atoms. The first-order valence-electron chi connectivity index (χ1n) is 7.75. The van der Waals surface area contributed by atoms with E-state index in [1.54, 1.807) is 6.07 Å². The number of nitriles is 1. The van der Waals surface area contributed by atoms with Gasteiger partial charge in [-0.1, -0.05) is 13.3 Å².